The van der Waals surface area contributed by atoms with Gasteiger partial charge < -0.3 is 15.0 Å². The number of hydrogen-bond acceptors (Lipinski definition) is 5. The fourth-order valence-electron chi connectivity index (χ4n) is 3.98. The highest BCUT2D eigenvalue weighted by atomic mass is 32.2. The van der Waals surface area contributed by atoms with Crippen LogP contribution in [0.1, 0.15) is 25.7 Å². The number of sulfonamides is 1. The second-order valence-corrected chi connectivity index (χ2v) is 10.1. The molecule has 2 fully saturated rings. The molecule has 1 N–H and O–H groups in total. The topological polar surface area (TPSA) is 96.0 Å². The van der Waals surface area contributed by atoms with Gasteiger partial charge in [-0.25, -0.2) is 12.7 Å². The molecule has 3 rings (SSSR count). The molecule has 0 radical (unpaired) electrons. The summed E-state index contributed by atoms with van der Waals surface area (Å²) in [6.45, 7) is 2.80. The van der Waals surface area contributed by atoms with Crippen molar-refractivity contribution >= 4 is 21.8 Å². The van der Waals surface area contributed by atoms with Gasteiger partial charge in [-0.05, 0) is 43.7 Å². The van der Waals surface area contributed by atoms with Crippen LogP contribution >= 0.6 is 0 Å². The van der Waals surface area contributed by atoms with Crippen LogP contribution < -0.4 is 10.1 Å². The zero-order valence-corrected chi connectivity index (χ0v) is 18.3. The molecule has 0 bridgehead atoms. The summed E-state index contributed by atoms with van der Waals surface area (Å²) in [6.07, 6.45) is 4.03. The number of benzene rings is 1. The largest absolute Gasteiger partial charge is 0.484 e. The van der Waals surface area contributed by atoms with Crippen molar-refractivity contribution in [1.82, 2.24) is 14.5 Å². The number of piperidine rings is 2. The Morgan fingerprint density at radius 3 is 2.27 bits per heavy atom. The van der Waals surface area contributed by atoms with E-state index in [-0.39, 0.29) is 24.3 Å². The lowest BCUT2D eigenvalue weighted by Gasteiger charge is -2.33. The van der Waals surface area contributed by atoms with Crippen LogP contribution in [0.3, 0.4) is 0 Å². The molecule has 2 saturated heterocycles. The molecule has 2 aliphatic rings. The van der Waals surface area contributed by atoms with Crippen molar-refractivity contribution in [3.8, 4) is 5.75 Å². The first-order chi connectivity index (χ1) is 14.3. The molecule has 166 valence electrons. The van der Waals surface area contributed by atoms with E-state index in [1.54, 1.807) is 0 Å². The minimum atomic E-state index is -3.18. The number of amides is 2. The third-order valence-corrected chi connectivity index (χ3v) is 7.23. The van der Waals surface area contributed by atoms with Crippen molar-refractivity contribution in [2.75, 3.05) is 45.6 Å². The Bertz CT molecular complexity index is 814. The molecule has 2 aliphatic heterocycles. The van der Waals surface area contributed by atoms with Gasteiger partial charge in [0.05, 0.1) is 6.26 Å². The standard InChI is InChI=1S/C21H31N3O5S/c1-30(27,28)24-13-9-18(10-14-24)21(26)22-15-17-7-11-23(12-8-17)20(25)16-29-19-5-3-2-4-6-19/h2-6,17-18H,7-16H2,1H3,(H,22,26). The first-order valence-electron chi connectivity index (χ1n) is 10.5. The first kappa shape index (κ1) is 22.6. The van der Waals surface area contributed by atoms with Gasteiger partial charge >= 0.3 is 0 Å². The van der Waals surface area contributed by atoms with Gasteiger partial charge in [0.2, 0.25) is 15.9 Å². The van der Waals surface area contributed by atoms with Gasteiger partial charge in [-0.15, -0.1) is 0 Å². The lowest BCUT2D eigenvalue weighted by molar-refractivity contribution is -0.135. The molecule has 1 aromatic rings. The highest BCUT2D eigenvalue weighted by molar-refractivity contribution is 7.88. The van der Waals surface area contributed by atoms with Gasteiger partial charge in [-0.3, -0.25) is 9.59 Å². The number of carbonyl (C=O) groups is 2. The number of para-hydroxylation sites is 1. The van der Waals surface area contributed by atoms with Crippen molar-refractivity contribution in [2.24, 2.45) is 11.8 Å². The van der Waals surface area contributed by atoms with Crippen LogP contribution in [-0.2, 0) is 19.6 Å². The highest BCUT2D eigenvalue weighted by Crippen LogP contribution is 2.21. The molecule has 1 aromatic carbocycles. The smallest absolute Gasteiger partial charge is 0.260 e. The summed E-state index contributed by atoms with van der Waals surface area (Å²) in [5.41, 5.74) is 0. The Labute approximate surface area is 178 Å². The number of hydrogen-bond donors (Lipinski definition) is 1. The highest BCUT2D eigenvalue weighted by Gasteiger charge is 2.29. The molecule has 0 unspecified atom stereocenters. The maximum atomic E-state index is 12.4. The van der Waals surface area contributed by atoms with Crippen LogP contribution in [0, 0.1) is 11.8 Å². The van der Waals surface area contributed by atoms with E-state index in [0.717, 1.165) is 12.8 Å². The quantitative estimate of drug-likeness (QED) is 0.689. The molecule has 2 amide bonds. The van der Waals surface area contributed by atoms with E-state index in [1.165, 1.54) is 10.6 Å². The van der Waals surface area contributed by atoms with Crippen LogP contribution in [-0.4, -0.2) is 75.0 Å². The monoisotopic (exact) mass is 437 g/mol. The Balaban J connectivity index is 1.33. The lowest BCUT2D eigenvalue weighted by Crippen LogP contribution is -2.45. The average molecular weight is 438 g/mol. The fraction of sp³-hybridized carbons (Fsp3) is 0.619. The second-order valence-electron chi connectivity index (χ2n) is 8.11. The zero-order chi connectivity index (χ0) is 21.6. The number of nitrogens with zero attached hydrogens (tertiary/aromatic N) is 2. The van der Waals surface area contributed by atoms with E-state index in [4.69, 9.17) is 4.74 Å². The van der Waals surface area contributed by atoms with Crippen LogP contribution in [0.4, 0.5) is 0 Å². The van der Waals surface area contributed by atoms with E-state index in [2.05, 4.69) is 5.32 Å². The molecule has 9 heteroatoms. The van der Waals surface area contributed by atoms with Gasteiger partial charge in [0.15, 0.2) is 6.61 Å². The molecule has 2 heterocycles. The predicted octanol–water partition coefficient (Wildman–Crippen LogP) is 1.09. The van der Waals surface area contributed by atoms with Crippen LogP contribution in [0.5, 0.6) is 5.75 Å². The van der Waals surface area contributed by atoms with Crippen molar-refractivity contribution < 1.29 is 22.7 Å². The van der Waals surface area contributed by atoms with E-state index in [1.807, 2.05) is 35.2 Å². The van der Waals surface area contributed by atoms with Gasteiger partial charge in [-0.1, -0.05) is 18.2 Å². The molecule has 0 saturated carbocycles. The summed E-state index contributed by atoms with van der Waals surface area (Å²) >= 11 is 0. The van der Waals surface area contributed by atoms with Crippen molar-refractivity contribution in [3.63, 3.8) is 0 Å². The molecule has 0 aromatic heterocycles. The first-order valence-corrected chi connectivity index (χ1v) is 12.4. The van der Waals surface area contributed by atoms with Crippen molar-refractivity contribution in [3.05, 3.63) is 30.3 Å². The molecule has 30 heavy (non-hydrogen) atoms. The van der Waals surface area contributed by atoms with Gasteiger partial charge in [0, 0.05) is 38.6 Å². The molecule has 8 nitrogen and oxygen atoms in total. The molecular formula is C21H31N3O5S. The molecule has 0 aliphatic carbocycles. The summed E-state index contributed by atoms with van der Waals surface area (Å²) in [5.74, 6) is 0.909. The maximum Gasteiger partial charge on any atom is 0.260 e. The summed E-state index contributed by atoms with van der Waals surface area (Å²) in [5, 5.41) is 3.03. The minimum absolute atomic E-state index is 0.0120. The van der Waals surface area contributed by atoms with E-state index >= 15 is 0 Å². The average Bonchev–Trinajstić information content (AvgIpc) is 2.76. The Hall–Kier alpha value is -2.13. The Kier molecular flexibility index (Phi) is 7.71. The number of likely N-dealkylation sites (tertiary alicyclic amines) is 1. The van der Waals surface area contributed by atoms with Crippen LogP contribution in [0.25, 0.3) is 0 Å². The fourth-order valence-corrected chi connectivity index (χ4v) is 4.85. The third-order valence-electron chi connectivity index (χ3n) is 5.93. The summed E-state index contributed by atoms with van der Waals surface area (Å²) in [7, 11) is -3.18. The van der Waals surface area contributed by atoms with Crippen molar-refractivity contribution in [1.29, 1.82) is 0 Å². The van der Waals surface area contributed by atoms with E-state index in [0.29, 0.717) is 57.2 Å². The minimum Gasteiger partial charge on any atom is -0.484 e. The number of rotatable bonds is 7. The van der Waals surface area contributed by atoms with Gasteiger partial charge in [-0.2, -0.15) is 0 Å². The number of carbonyl (C=O) groups excluding carboxylic acids is 2. The van der Waals surface area contributed by atoms with Crippen LogP contribution in [0.2, 0.25) is 0 Å². The molecule has 0 spiro atoms. The second kappa shape index (κ2) is 10.3. The van der Waals surface area contributed by atoms with Crippen LogP contribution in [0.15, 0.2) is 30.3 Å². The Morgan fingerprint density at radius 2 is 1.67 bits per heavy atom. The normalized spacial score (nSPS) is 19.4. The van der Waals surface area contributed by atoms with E-state index in [9.17, 15) is 18.0 Å². The van der Waals surface area contributed by atoms with E-state index < -0.39 is 10.0 Å². The summed E-state index contributed by atoms with van der Waals surface area (Å²) < 4.78 is 30.1. The van der Waals surface area contributed by atoms with Gasteiger partial charge in [0.25, 0.3) is 5.91 Å². The lowest BCUT2D eigenvalue weighted by atomic mass is 9.94. The zero-order valence-electron chi connectivity index (χ0n) is 17.5. The molecule has 0 atom stereocenters. The summed E-state index contributed by atoms with van der Waals surface area (Å²) in [4.78, 5) is 26.6. The predicted molar refractivity (Wildman–Crippen MR) is 113 cm³/mol. The van der Waals surface area contributed by atoms with Gasteiger partial charge in [0.1, 0.15) is 5.75 Å². The Morgan fingerprint density at radius 1 is 1.03 bits per heavy atom. The number of nitrogens with one attached hydrogen (secondary N) is 1. The molecular weight excluding hydrogens is 406 g/mol. The maximum absolute atomic E-state index is 12.4. The SMILES string of the molecule is CS(=O)(=O)N1CCC(C(=O)NCC2CCN(C(=O)COc3ccccc3)CC2)CC1. The summed E-state index contributed by atoms with van der Waals surface area (Å²) in [6, 6.07) is 9.29. The number of ether oxygens (including phenoxy) is 1. The van der Waals surface area contributed by atoms with Crippen molar-refractivity contribution in [2.45, 2.75) is 25.7 Å². The third kappa shape index (κ3) is 6.43.